The van der Waals surface area contributed by atoms with Gasteiger partial charge in [-0.05, 0) is 36.5 Å². The Morgan fingerprint density at radius 3 is 2.65 bits per heavy atom. The summed E-state index contributed by atoms with van der Waals surface area (Å²) in [5.41, 5.74) is 0.916. The second-order valence-electron chi connectivity index (χ2n) is 5.79. The molecule has 2 N–H and O–H groups in total. The molecule has 1 aromatic rings. The Bertz CT molecular complexity index is 475. The highest BCUT2D eigenvalue weighted by Crippen LogP contribution is 2.43. The molecular formula is C16H22O4. The molecule has 0 saturated heterocycles. The van der Waals surface area contributed by atoms with Gasteiger partial charge in [0.2, 0.25) is 0 Å². The number of hydrogen-bond donors (Lipinski definition) is 2. The van der Waals surface area contributed by atoms with E-state index in [1.807, 2.05) is 6.07 Å². The molecule has 4 heteroatoms. The van der Waals surface area contributed by atoms with Gasteiger partial charge in [-0.2, -0.15) is 0 Å². The van der Waals surface area contributed by atoms with Crippen LogP contribution in [0.15, 0.2) is 18.2 Å². The molecule has 0 heterocycles. The number of carboxylic acids is 1. The Labute approximate surface area is 119 Å². The standard InChI is InChI=1S/C16H22O4/c1-16(8-3-2-4-9-16)13-11-12(5-6-14(13)17)20-10-7-15(18)19/h5-6,11,17H,2-4,7-10H2,1H3,(H,18,19). The van der Waals surface area contributed by atoms with Gasteiger partial charge in [0, 0.05) is 5.56 Å². The molecule has 1 fully saturated rings. The van der Waals surface area contributed by atoms with E-state index >= 15 is 0 Å². The van der Waals surface area contributed by atoms with Crippen molar-refractivity contribution in [2.75, 3.05) is 6.61 Å². The lowest BCUT2D eigenvalue weighted by Gasteiger charge is -2.34. The van der Waals surface area contributed by atoms with E-state index in [0.717, 1.165) is 18.4 Å². The maximum Gasteiger partial charge on any atom is 0.306 e. The molecule has 4 nitrogen and oxygen atoms in total. The quantitative estimate of drug-likeness (QED) is 0.865. The summed E-state index contributed by atoms with van der Waals surface area (Å²) in [7, 11) is 0. The third-order valence-corrected chi connectivity index (χ3v) is 4.16. The zero-order chi connectivity index (χ0) is 14.6. The number of phenolic OH excluding ortho intramolecular Hbond substituents is 1. The first kappa shape index (κ1) is 14.7. The number of aliphatic carboxylic acids is 1. The first-order valence-corrected chi connectivity index (χ1v) is 7.19. The van der Waals surface area contributed by atoms with E-state index < -0.39 is 5.97 Å². The van der Waals surface area contributed by atoms with Gasteiger partial charge in [-0.1, -0.05) is 26.2 Å². The van der Waals surface area contributed by atoms with Gasteiger partial charge in [0.05, 0.1) is 13.0 Å². The first-order chi connectivity index (χ1) is 9.51. The normalized spacial score (nSPS) is 17.6. The molecule has 0 bridgehead atoms. The van der Waals surface area contributed by atoms with Crippen LogP contribution in [0.4, 0.5) is 0 Å². The van der Waals surface area contributed by atoms with E-state index in [1.165, 1.54) is 19.3 Å². The molecular weight excluding hydrogens is 256 g/mol. The minimum atomic E-state index is -0.872. The molecule has 110 valence electrons. The fourth-order valence-electron chi connectivity index (χ4n) is 2.95. The Kier molecular flexibility index (Phi) is 4.53. The van der Waals surface area contributed by atoms with Gasteiger partial charge in [-0.25, -0.2) is 0 Å². The van der Waals surface area contributed by atoms with Crippen LogP contribution in [0.5, 0.6) is 11.5 Å². The predicted molar refractivity (Wildman–Crippen MR) is 76.3 cm³/mol. The van der Waals surface area contributed by atoms with Crippen LogP contribution < -0.4 is 4.74 Å². The molecule has 0 unspecified atom stereocenters. The van der Waals surface area contributed by atoms with Crippen LogP contribution in [0.2, 0.25) is 0 Å². The average Bonchev–Trinajstić information content (AvgIpc) is 2.41. The third-order valence-electron chi connectivity index (χ3n) is 4.16. The molecule has 0 radical (unpaired) electrons. The van der Waals surface area contributed by atoms with Gasteiger partial charge < -0.3 is 14.9 Å². The maximum atomic E-state index is 10.5. The second kappa shape index (κ2) is 6.16. The molecule has 0 amide bonds. The molecule has 1 aliphatic carbocycles. The Hall–Kier alpha value is -1.71. The molecule has 1 aliphatic rings. The summed E-state index contributed by atoms with van der Waals surface area (Å²) in [6.07, 6.45) is 5.73. The van der Waals surface area contributed by atoms with Gasteiger partial charge in [-0.3, -0.25) is 4.79 Å². The first-order valence-electron chi connectivity index (χ1n) is 7.19. The van der Waals surface area contributed by atoms with Gasteiger partial charge in [0.1, 0.15) is 11.5 Å². The van der Waals surface area contributed by atoms with E-state index in [2.05, 4.69) is 6.92 Å². The van der Waals surface area contributed by atoms with Crippen LogP contribution in [-0.2, 0) is 10.2 Å². The van der Waals surface area contributed by atoms with Crippen molar-refractivity contribution in [3.63, 3.8) is 0 Å². The lowest BCUT2D eigenvalue weighted by atomic mass is 9.70. The molecule has 2 rings (SSSR count). The zero-order valence-electron chi connectivity index (χ0n) is 11.9. The average molecular weight is 278 g/mol. The van der Waals surface area contributed by atoms with Crippen LogP contribution in [0.25, 0.3) is 0 Å². The largest absolute Gasteiger partial charge is 0.508 e. The topological polar surface area (TPSA) is 66.8 Å². The summed E-state index contributed by atoms with van der Waals surface area (Å²) in [4.78, 5) is 10.5. The van der Waals surface area contributed by atoms with Crippen molar-refractivity contribution in [1.82, 2.24) is 0 Å². The van der Waals surface area contributed by atoms with Crippen molar-refractivity contribution in [2.24, 2.45) is 0 Å². The molecule has 0 spiro atoms. The fraction of sp³-hybridized carbons (Fsp3) is 0.562. The SMILES string of the molecule is CC1(c2cc(OCCC(=O)O)ccc2O)CCCCC1. The smallest absolute Gasteiger partial charge is 0.306 e. The monoisotopic (exact) mass is 278 g/mol. The highest BCUT2D eigenvalue weighted by atomic mass is 16.5. The van der Waals surface area contributed by atoms with Crippen molar-refractivity contribution in [2.45, 2.75) is 50.9 Å². The summed E-state index contributed by atoms with van der Waals surface area (Å²) < 4.78 is 5.46. The Balaban J connectivity index is 2.13. The number of ether oxygens (including phenoxy) is 1. The van der Waals surface area contributed by atoms with Crippen LogP contribution in [0.1, 0.15) is 51.0 Å². The van der Waals surface area contributed by atoms with Crippen molar-refractivity contribution in [3.05, 3.63) is 23.8 Å². The number of benzene rings is 1. The van der Waals surface area contributed by atoms with E-state index in [4.69, 9.17) is 9.84 Å². The van der Waals surface area contributed by atoms with Crippen LogP contribution in [0.3, 0.4) is 0 Å². The van der Waals surface area contributed by atoms with Crippen LogP contribution in [-0.4, -0.2) is 22.8 Å². The lowest BCUT2D eigenvalue weighted by molar-refractivity contribution is -0.137. The predicted octanol–water partition coefficient (Wildman–Crippen LogP) is 3.47. The summed E-state index contributed by atoms with van der Waals surface area (Å²) in [5, 5.41) is 18.7. The van der Waals surface area contributed by atoms with Gasteiger partial charge in [0.15, 0.2) is 0 Å². The molecule has 1 saturated carbocycles. The van der Waals surface area contributed by atoms with Crippen molar-refractivity contribution < 1.29 is 19.7 Å². The molecule has 1 aromatic carbocycles. The van der Waals surface area contributed by atoms with E-state index in [9.17, 15) is 9.90 Å². The van der Waals surface area contributed by atoms with Crippen LogP contribution >= 0.6 is 0 Å². The van der Waals surface area contributed by atoms with Gasteiger partial charge in [-0.15, -0.1) is 0 Å². The molecule has 0 aliphatic heterocycles. The molecule has 0 atom stereocenters. The molecule has 0 aromatic heterocycles. The highest BCUT2D eigenvalue weighted by molar-refractivity contribution is 5.66. The highest BCUT2D eigenvalue weighted by Gasteiger charge is 2.31. The lowest BCUT2D eigenvalue weighted by Crippen LogP contribution is -2.25. The number of rotatable bonds is 5. The van der Waals surface area contributed by atoms with Crippen molar-refractivity contribution in [3.8, 4) is 11.5 Å². The number of phenols is 1. The van der Waals surface area contributed by atoms with Gasteiger partial charge in [0.25, 0.3) is 0 Å². The number of carboxylic acid groups (broad SMARTS) is 1. The second-order valence-corrected chi connectivity index (χ2v) is 5.79. The van der Waals surface area contributed by atoms with Crippen LogP contribution in [0, 0.1) is 0 Å². The number of aromatic hydroxyl groups is 1. The summed E-state index contributed by atoms with van der Waals surface area (Å²) in [5.74, 6) is 0.0640. The number of carbonyl (C=O) groups is 1. The summed E-state index contributed by atoms with van der Waals surface area (Å²) >= 11 is 0. The van der Waals surface area contributed by atoms with E-state index in [1.54, 1.807) is 12.1 Å². The van der Waals surface area contributed by atoms with Crippen molar-refractivity contribution in [1.29, 1.82) is 0 Å². The minimum Gasteiger partial charge on any atom is -0.508 e. The minimum absolute atomic E-state index is 0.00546. The fourth-order valence-corrected chi connectivity index (χ4v) is 2.95. The van der Waals surface area contributed by atoms with E-state index in [0.29, 0.717) is 11.5 Å². The van der Waals surface area contributed by atoms with Gasteiger partial charge >= 0.3 is 5.97 Å². The molecule has 20 heavy (non-hydrogen) atoms. The Morgan fingerprint density at radius 2 is 2.00 bits per heavy atom. The Morgan fingerprint density at radius 1 is 1.30 bits per heavy atom. The zero-order valence-corrected chi connectivity index (χ0v) is 11.9. The van der Waals surface area contributed by atoms with Crippen molar-refractivity contribution >= 4 is 5.97 Å². The number of hydrogen-bond acceptors (Lipinski definition) is 3. The summed E-state index contributed by atoms with van der Waals surface area (Å²) in [6, 6.07) is 5.20. The van der Waals surface area contributed by atoms with E-state index in [-0.39, 0.29) is 18.4 Å². The third kappa shape index (κ3) is 3.44. The maximum absolute atomic E-state index is 10.5. The summed E-state index contributed by atoms with van der Waals surface area (Å²) in [6.45, 7) is 2.33.